The van der Waals surface area contributed by atoms with Gasteiger partial charge in [0.1, 0.15) is 0 Å². The van der Waals surface area contributed by atoms with Crippen molar-refractivity contribution in [2.24, 2.45) is 0 Å². The van der Waals surface area contributed by atoms with Gasteiger partial charge in [-0.1, -0.05) is 60.7 Å². The van der Waals surface area contributed by atoms with Crippen molar-refractivity contribution in [1.29, 1.82) is 0 Å². The Hall–Kier alpha value is -4.12. The lowest BCUT2D eigenvalue weighted by Gasteiger charge is -2.08. The summed E-state index contributed by atoms with van der Waals surface area (Å²) in [5.74, 6) is 0. The van der Waals surface area contributed by atoms with Gasteiger partial charge in [0, 0.05) is 40.3 Å². The van der Waals surface area contributed by atoms with E-state index in [1.54, 1.807) is 22.7 Å². The average Bonchev–Trinajstić information content (AvgIpc) is 2.93. The summed E-state index contributed by atoms with van der Waals surface area (Å²) in [6.07, 6.45) is 0. The van der Waals surface area contributed by atoms with Crippen LogP contribution in [-0.4, -0.2) is 0 Å². The fraction of sp³-hybridized carbons (Fsp3) is 0. The standard InChI is InChI=1S/C32H18O2S2/c33-31-23-5-1-3-7-27(23)35-29-15-13-21(17-25(29)31)19-9-11-20(12-10-19)22-14-16-30-26(18-22)32(34)24-6-2-4-8-28(24)36-30/h1-18H. The van der Waals surface area contributed by atoms with Crippen LogP contribution in [0.25, 0.3) is 62.6 Å². The van der Waals surface area contributed by atoms with Crippen LogP contribution in [0.5, 0.6) is 0 Å². The number of fused-ring (bicyclic) bond motifs is 4. The van der Waals surface area contributed by atoms with Crippen molar-refractivity contribution < 1.29 is 0 Å². The van der Waals surface area contributed by atoms with Crippen molar-refractivity contribution in [1.82, 2.24) is 0 Å². The molecule has 170 valence electrons. The Bertz CT molecular complexity index is 1930. The Kier molecular flexibility index (Phi) is 4.84. The fourth-order valence-electron chi connectivity index (χ4n) is 4.82. The van der Waals surface area contributed by atoms with Crippen LogP contribution in [0.4, 0.5) is 0 Å². The zero-order valence-electron chi connectivity index (χ0n) is 19.0. The first-order valence-corrected chi connectivity index (χ1v) is 13.3. The van der Waals surface area contributed by atoms with E-state index in [1.165, 1.54) is 0 Å². The summed E-state index contributed by atoms with van der Waals surface area (Å²) in [6, 6.07) is 36.1. The van der Waals surface area contributed by atoms with Crippen molar-refractivity contribution >= 4 is 63.0 Å². The van der Waals surface area contributed by atoms with Crippen LogP contribution < -0.4 is 10.9 Å². The summed E-state index contributed by atoms with van der Waals surface area (Å²) in [4.78, 5) is 26.2. The maximum absolute atomic E-state index is 13.1. The molecular weight excluding hydrogens is 480 g/mol. The van der Waals surface area contributed by atoms with Gasteiger partial charge in [-0.2, -0.15) is 0 Å². The normalized spacial score (nSPS) is 11.6. The van der Waals surface area contributed by atoms with Gasteiger partial charge in [-0.15, -0.1) is 22.7 Å². The van der Waals surface area contributed by atoms with Crippen molar-refractivity contribution in [2.75, 3.05) is 0 Å². The number of benzene rings is 5. The molecule has 0 fully saturated rings. The average molecular weight is 499 g/mol. The third-order valence-electron chi connectivity index (χ3n) is 6.70. The molecule has 0 aliphatic carbocycles. The molecule has 0 spiro atoms. The van der Waals surface area contributed by atoms with Gasteiger partial charge in [0.15, 0.2) is 10.9 Å². The Morgan fingerprint density at radius 2 is 0.722 bits per heavy atom. The van der Waals surface area contributed by atoms with E-state index < -0.39 is 0 Å². The number of hydrogen-bond donors (Lipinski definition) is 0. The van der Waals surface area contributed by atoms with Gasteiger partial charge in [0.2, 0.25) is 0 Å². The third-order valence-corrected chi connectivity index (χ3v) is 9.01. The van der Waals surface area contributed by atoms with Gasteiger partial charge in [-0.3, -0.25) is 9.59 Å². The van der Waals surface area contributed by atoms with E-state index >= 15 is 0 Å². The molecule has 0 amide bonds. The molecule has 5 aromatic carbocycles. The molecule has 0 N–H and O–H groups in total. The maximum atomic E-state index is 13.1. The maximum Gasteiger partial charge on any atom is 0.195 e. The monoisotopic (exact) mass is 498 g/mol. The second-order valence-electron chi connectivity index (χ2n) is 8.85. The molecule has 0 bridgehead atoms. The topological polar surface area (TPSA) is 34.1 Å². The first-order chi connectivity index (χ1) is 17.7. The first kappa shape index (κ1) is 21.2. The molecule has 0 unspecified atom stereocenters. The van der Waals surface area contributed by atoms with Gasteiger partial charge in [0.25, 0.3) is 0 Å². The molecule has 0 saturated carbocycles. The highest BCUT2D eigenvalue weighted by Gasteiger charge is 2.10. The van der Waals surface area contributed by atoms with Crippen LogP contribution in [0, 0.1) is 0 Å². The van der Waals surface area contributed by atoms with E-state index in [9.17, 15) is 9.59 Å². The Labute approximate surface area is 214 Å². The number of rotatable bonds is 2. The van der Waals surface area contributed by atoms with Crippen LogP contribution in [0.15, 0.2) is 119 Å². The van der Waals surface area contributed by atoms with Crippen LogP contribution in [0.1, 0.15) is 0 Å². The van der Waals surface area contributed by atoms with Gasteiger partial charge in [0.05, 0.1) is 0 Å². The van der Waals surface area contributed by atoms with Crippen molar-refractivity contribution in [2.45, 2.75) is 0 Å². The molecule has 2 nitrogen and oxygen atoms in total. The van der Waals surface area contributed by atoms with Gasteiger partial charge in [-0.05, 0) is 70.8 Å². The second-order valence-corrected chi connectivity index (χ2v) is 11.0. The second kappa shape index (κ2) is 8.23. The van der Waals surface area contributed by atoms with Crippen LogP contribution >= 0.6 is 22.7 Å². The van der Waals surface area contributed by atoms with E-state index in [2.05, 4.69) is 36.4 Å². The number of hydrogen-bond acceptors (Lipinski definition) is 4. The smallest absolute Gasteiger partial charge is 0.195 e. The molecule has 0 aliphatic rings. The lowest BCUT2D eigenvalue weighted by Crippen LogP contribution is -2.01. The minimum Gasteiger partial charge on any atom is -0.289 e. The van der Waals surface area contributed by atoms with Crippen molar-refractivity contribution in [3.63, 3.8) is 0 Å². The van der Waals surface area contributed by atoms with E-state index in [0.29, 0.717) is 0 Å². The summed E-state index contributed by atoms with van der Waals surface area (Å²) in [5.41, 5.74) is 4.30. The molecule has 7 rings (SSSR count). The molecule has 4 heteroatoms. The lowest BCUT2D eigenvalue weighted by molar-refractivity contribution is 1.62. The van der Waals surface area contributed by atoms with E-state index in [-0.39, 0.29) is 10.9 Å². The minimum absolute atomic E-state index is 0.0796. The molecule has 7 aromatic rings. The molecule has 0 aliphatic heterocycles. The Balaban J connectivity index is 1.30. The summed E-state index contributed by atoms with van der Waals surface area (Å²) in [7, 11) is 0. The minimum atomic E-state index is 0.0796. The summed E-state index contributed by atoms with van der Waals surface area (Å²) < 4.78 is 4.02. The van der Waals surface area contributed by atoms with Crippen LogP contribution in [-0.2, 0) is 0 Å². The lowest BCUT2D eigenvalue weighted by atomic mass is 9.98. The molecule has 0 radical (unpaired) electrons. The SMILES string of the molecule is O=c1c2ccccc2sc2ccc(-c3ccc(-c4ccc5sc6ccccc6c(=O)c5c4)cc3)cc12. The van der Waals surface area contributed by atoms with E-state index in [1.807, 2.05) is 72.8 Å². The predicted molar refractivity (Wildman–Crippen MR) is 156 cm³/mol. The van der Waals surface area contributed by atoms with E-state index in [4.69, 9.17) is 0 Å². The first-order valence-electron chi connectivity index (χ1n) is 11.7. The molecule has 2 aromatic heterocycles. The zero-order valence-corrected chi connectivity index (χ0v) is 20.7. The van der Waals surface area contributed by atoms with Crippen LogP contribution in [0.3, 0.4) is 0 Å². The fourth-order valence-corrected chi connectivity index (χ4v) is 6.92. The summed E-state index contributed by atoms with van der Waals surface area (Å²) in [6.45, 7) is 0. The van der Waals surface area contributed by atoms with Crippen molar-refractivity contribution in [3.05, 3.63) is 130 Å². The van der Waals surface area contributed by atoms with Crippen LogP contribution in [0.2, 0.25) is 0 Å². The highest BCUT2D eigenvalue weighted by atomic mass is 32.1. The molecule has 36 heavy (non-hydrogen) atoms. The van der Waals surface area contributed by atoms with Gasteiger partial charge in [-0.25, -0.2) is 0 Å². The third kappa shape index (κ3) is 3.38. The van der Waals surface area contributed by atoms with Gasteiger partial charge < -0.3 is 0 Å². The van der Waals surface area contributed by atoms with Crippen molar-refractivity contribution in [3.8, 4) is 22.3 Å². The Morgan fingerprint density at radius 3 is 1.17 bits per heavy atom. The predicted octanol–water partition coefficient (Wildman–Crippen LogP) is 8.48. The van der Waals surface area contributed by atoms with Gasteiger partial charge >= 0.3 is 0 Å². The molecular formula is C32H18O2S2. The molecule has 0 atom stereocenters. The highest BCUT2D eigenvalue weighted by molar-refractivity contribution is 7.24. The highest BCUT2D eigenvalue weighted by Crippen LogP contribution is 2.32. The quantitative estimate of drug-likeness (QED) is 0.224. The molecule has 0 saturated heterocycles. The summed E-state index contributed by atoms with van der Waals surface area (Å²) in [5, 5.41) is 3.05. The zero-order chi connectivity index (χ0) is 24.2. The summed E-state index contributed by atoms with van der Waals surface area (Å²) >= 11 is 3.29. The Morgan fingerprint density at radius 1 is 0.361 bits per heavy atom. The largest absolute Gasteiger partial charge is 0.289 e. The molecule has 2 heterocycles. The van der Waals surface area contributed by atoms with E-state index in [0.717, 1.165) is 62.6 Å².